The lowest BCUT2D eigenvalue weighted by Gasteiger charge is -2.21. The van der Waals surface area contributed by atoms with Gasteiger partial charge in [0, 0.05) is 9.89 Å². The van der Waals surface area contributed by atoms with E-state index in [1.54, 1.807) is 24.3 Å². The summed E-state index contributed by atoms with van der Waals surface area (Å²) in [6.07, 6.45) is 1.52. The third kappa shape index (κ3) is 5.80. The second-order valence-corrected chi connectivity index (χ2v) is 9.92. The Morgan fingerprint density at radius 3 is 2.58 bits per heavy atom. The molecule has 0 radical (unpaired) electrons. The number of rotatable bonds is 7. The number of carboxylic acids is 1. The van der Waals surface area contributed by atoms with Crippen LogP contribution in [0.25, 0.3) is 10.9 Å². The summed E-state index contributed by atoms with van der Waals surface area (Å²) in [4.78, 5) is 28.9. The second-order valence-electron chi connectivity index (χ2n) is 8.15. The number of aliphatic carboxylic acids is 1. The lowest BCUT2D eigenvalue weighted by Crippen LogP contribution is -2.29. The molecule has 174 valence electrons. The van der Waals surface area contributed by atoms with Crippen LogP contribution in [0.2, 0.25) is 0 Å². The molecule has 8 nitrogen and oxygen atoms in total. The van der Waals surface area contributed by atoms with Gasteiger partial charge in [0.2, 0.25) is 0 Å². The average Bonchev–Trinajstić information content (AvgIpc) is 2.72. The molecular formula is C23H23Br2N3O5. The standard InChI is InChI=1S/C23H23Br2N3O5/c1-5-32-18-9-13(8-16(25)20(18)33-12-19(29)30)11-26-28-21(31)15-10-14(24)6-7-17(15)27-22(28)23(2,3)4/h6-11H,5,12H2,1-4H3,(H,29,30). The van der Waals surface area contributed by atoms with E-state index in [1.807, 2.05) is 33.8 Å². The van der Waals surface area contributed by atoms with E-state index < -0.39 is 18.0 Å². The van der Waals surface area contributed by atoms with Crippen molar-refractivity contribution in [2.75, 3.05) is 13.2 Å². The molecule has 33 heavy (non-hydrogen) atoms. The van der Waals surface area contributed by atoms with Crippen LogP contribution in [0.5, 0.6) is 11.5 Å². The average molecular weight is 581 g/mol. The summed E-state index contributed by atoms with van der Waals surface area (Å²) in [5, 5.41) is 13.8. The first-order valence-corrected chi connectivity index (χ1v) is 11.7. The van der Waals surface area contributed by atoms with Crippen molar-refractivity contribution in [2.24, 2.45) is 5.10 Å². The highest BCUT2D eigenvalue weighted by atomic mass is 79.9. The van der Waals surface area contributed by atoms with Crippen LogP contribution in [0.4, 0.5) is 0 Å². The molecule has 10 heteroatoms. The Hall–Kier alpha value is -2.72. The predicted octanol–water partition coefficient (Wildman–Crippen LogP) is 4.96. The van der Waals surface area contributed by atoms with E-state index in [1.165, 1.54) is 10.9 Å². The molecule has 0 fully saturated rings. The highest BCUT2D eigenvalue weighted by molar-refractivity contribution is 9.10. The highest BCUT2D eigenvalue weighted by Gasteiger charge is 2.23. The van der Waals surface area contributed by atoms with E-state index in [9.17, 15) is 9.59 Å². The fourth-order valence-electron chi connectivity index (χ4n) is 3.07. The molecule has 0 atom stereocenters. The van der Waals surface area contributed by atoms with Gasteiger partial charge in [-0.1, -0.05) is 36.7 Å². The van der Waals surface area contributed by atoms with E-state index >= 15 is 0 Å². The first-order chi connectivity index (χ1) is 15.5. The first kappa shape index (κ1) is 24.9. The number of fused-ring (bicyclic) bond motifs is 1. The predicted molar refractivity (Wildman–Crippen MR) is 134 cm³/mol. The van der Waals surface area contributed by atoms with Crippen LogP contribution in [0.15, 0.2) is 49.2 Å². The molecule has 2 aromatic carbocycles. The fourth-order valence-corrected chi connectivity index (χ4v) is 4.00. The Balaban J connectivity index is 2.12. The molecule has 0 saturated heterocycles. The van der Waals surface area contributed by atoms with Gasteiger partial charge in [0.1, 0.15) is 5.82 Å². The third-order valence-electron chi connectivity index (χ3n) is 4.47. The van der Waals surface area contributed by atoms with Crippen molar-refractivity contribution < 1.29 is 19.4 Å². The normalized spacial score (nSPS) is 11.8. The number of benzene rings is 2. The van der Waals surface area contributed by atoms with Crippen molar-refractivity contribution in [3.8, 4) is 11.5 Å². The number of aromatic nitrogens is 2. The lowest BCUT2D eigenvalue weighted by atomic mass is 9.95. The minimum absolute atomic E-state index is 0.279. The van der Waals surface area contributed by atoms with Crippen molar-refractivity contribution in [3.63, 3.8) is 0 Å². The SMILES string of the molecule is CCOc1cc(C=Nn2c(C(C)(C)C)nc3ccc(Br)cc3c2=O)cc(Br)c1OCC(=O)O. The molecule has 0 aliphatic carbocycles. The van der Waals surface area contributed by atoms with E-state index in [0.29, 0.717) is 39.1 Å². The Labute approximate surface area is 207 Å². The van der Waals surface area contributed by atoms with E-state index in [0.717, 1.165) is 4.47 Å². The van der Waals surface area contributed by atoms with Crippen LogP contribution in [0.3, 0.4) is 0 Å². The van der Waals surface area contributed by atoms with Gasteiger partial charge in [0.15, 0.2) is 18.1 Å². The Kier molecular flexibility index (Phi) is 7.58. The second kappa shape index (κ2) is 10.0. The van der Waals surface area contributed by atoms with Crippen LogP contribution in [0, 0.1) is 0 Å². The van der Waals surface area contributed by atoms with Gasteiger partial charge in [-0.2, -0.15) is 9.78 Å². The molecular weight excluding hydrogens is 558 g/mol. The quantitative estimate of drug-likeness (QED) is 0.396. The zero-order valence-corrected chi connectivity index (χ0v) is 21.7. The maximum Gasteiger partial charge on any atom is 0.341 e. The first-order valence-electron chi connectivity index (χ1n) is 10.1. The van der Waals surface area contributed by atoms with Crippen LogP contribution in [-0.2, 0) is 10.2 Å². The molecule has 0 aliphatic rings. The van der Waals surface area contributed by atoms with Crippen LogP contribution in [0.1, 0.15) is 39.1 Å². The van der Waals surface area contributed by atoms with Crippen LogP contribution in [-0.4, -0.2) is 40.2 Å². The molecule has 0 bridgehead atoms. The number of hydrogen-bond acceptors (Lipinski definition) is 6. The summed E-state index contributed by atoms with van der Waals surface area (Å²) in [5.74, 6) is 0.0586. The Morgan fingerprint density at radius 2 is 1.94 bits per heavy atom. The van der Waals surface area contributed by atoms with E-state index in [2.05, 4.69) is 37.0 Å². The molecule has 0 aliphatic heterocycles. The molecule has 0 saturated carbocycles. The van der Waals surface area contributed by atoms with Gasteiger partial charge < -0.3 is 14.6 Å². The Morgan fingerprint density at radius 1 is 1.21 bits per heavy atom. The van der Waals surface area contributed by atoms with Crippen molar-refractivity contribution in [1.82, 2.24) is 9.66 Å². The van der Waals surface area contributed by atoms with E-state index in [4.69, 9.17) is 19.6 Å². The number of ether oxygens (including phenoxy) is 2. The molecule has 1 heterocycles. The fraction of sp³-hybridized carbons (Fsp3) is 0.304. The van der Waals surface area contributed by atoms with Crippen LogP contribution >= 0.6 is 31.9 Å². The molecule has 1 aromatic heterocycles. The topological polar surface area (TPSA) is 103 Å². The smallest absolute Gasteiger partial charge is 0.341 e. The summed E-state index contributed by atoms with van der Waals surface area (Å²) in [6.45, 7) is 7.55. The molecule has 0 amide bonds. The number of halogens is 2. The molecule has 3 aromatic rings. The van der Waals surface area contributed by atoms with Crippen molar-refractivity contribution in [3.05, 3.63) is 61.0 Å². The van der Waals surface area contributed by atoms with Gasteiger partial charge in [0.05, 0.1) is 28.2 Å². The maximum atomic E-state index is 13.3. The third-order valence-corrected chi connectivity index (χ3v) is 5.56. The highest BCUT2D eigenvalue weighted by Crippen LogP contribution is 2.36. The van der Waals surface area contributed by atoms with Gasteiger partial charge in [-0.25, -0.2) is 9.78 Å². The summed E-state index contributed by atoms with van der Waals surface area (Å²) >= 11 is 6.80. The monoisotopic (exact) mass is 579 g/mol. The molecule has 1 N–H and O–H groups in total. The van der Waals surface area contributed by atoms with Gasteiger partial charge in [0.25, 0.3) is 5.56 Å². The van der Waals surface area contributed by atoms with Crippen molar-refractivity contribution in [2.45, 2.75) is 33.1 Å². The number of carbonyl (C=O) groups is 1. The van der Waals surface area contributed by atoms with Crippen molar-refractivity contribution >= 4 is 54.9 Å². The molecule has 0 spiro atoms. The molecule has 0 unspecified atom stereocenters. The number of nitrogens with zero attached hydrogens (tertiary/aromatic N) is 3. The van der Waals surface area contributed by atoms with Crippen molar-refractivity contribution in [1.29, 1.82) is 0 Å². The summed E-state index contributed by atoms with van der Waals surface area (Å²) in [6, 6.07) is 8.74. The van der Waals surface area contributed by atoms with Gasteiger partial charge >= 0.3 is 5.97 Å². The van der Waals surface area contributed by atoms with E-state index in [-0.39, 0.29) is 11.3 Å². The largest absolute Gasteiger partial charge is 0.490 e. The minimum atomic E-state index is -1.10. The minimum Gasteiger partial charge on any atom is -0.490 e. The zero-order chi connectivity index (χ0) is 24.3. The van der Waals surface area contributed by atoms with Gasteiger partial charge in [-0.3, -0.25) is 4.79 Å². The maximum absolute atomic E-state index is 13.3. The Bertz CT molecular complexity index is 1300. The summed E-state index contributed by atoms with van der Waals surface area (Å²) < 4.78 is 13.6. The summed E-state index contributed by atoms with van der Waals surface area (Å²) in [7, 11) is 0. The number of carboxylic acid groups (broad SMARTS) is 1. The lowest BCUT2D eigenvalue weighted by molar-refractivity contribution is -0.139. The van der Waals surface area contributed by atoms with Crippen LogP contribution < -0.4 is 15.0 Å². The van der Waals surface area contributed by atoms with Gasteiger partial charge in [-0.15, -0.1) is 0 Å². The number of hydrogen-bond donors (Lipinski definition) is 1. The van der Waals surface area contributed by atoms with Gasteiger partial charge in [-0.05, 0) is 58.7 Å². The zero-order valence-electron chi connectivity index (χ0n) is 18.6. The summed E-state index contributed by atoms with van der Waals surface area (Å²) in [5.41, 5.74) is 0.492. The molecule has 3 rings (SSSR count).